The molecule has 0 radical (unpaired) electrons. The summed E-state index contributed by atoms with van der Waals surface area (Å²) < 4.78 is 0. The molecule has 4 nitrogen and oxygen atoms in total. The highest BCUT2D eigenvalue weighted by Gasteiger charge is 2.31. The minimum Gasteiger partial charge on any atom is -0.343 e. The van der Waals surface area contributed by atoms with Crippen LogP contribution in [0, 0.1) is 11.8 Å². The van der Waals surface area contributed by atoms with Crippen molar-refractivity contribution in [2.45, 2.75) is 51.6 Å². The van der Waals surface area contributed by atoms with Crippen molar-refractivity contribution in [3.05, 3.63) is 34.9 Å². The van der Waals surface area contributed by atoms with E-state index in [9.17, 15) is 4.79 Å². The maximum atomic E-state index is 12.7. The zero-order valence-corrected chi connectivity index (χ0v) is 18.5. The lowest BCUT2D eigenvalue weighted by atomic mass is 9.87. The minimum absolute atomic E-state index is 0.358. The number of hydrogen-bond acceptors (Lipinski definition) is 3. The Morgan fingerprint density at radius 2 is 1.93 bits per heavy atom. The van der Waals surface area contributed by atoms with E-state index in [0.29, 0.717) is 24.3 Å². The van der Waals surface area contributed by atoms with Crippen LogP contribution in [0.15, 0.2) is 24.3 Å². The minimum atomic E-state index is 0.358. The largest absolute Gasteiger partial charge is 0.343 e. The summed E-state index contributed by atoms with van der Waals surface area (Å²) in [5.74, 6) is 1.66. The number of amides is 1. The maximum absolute atomic E-state index is 12.7. The molecule has 1 amide bonds. The van der Waals surface area contributed by atoms with Gasteiger partial charge in [-0.3, -0.25) is 9.69 Å². The average molecular weight is 406 g/mol. The van der Waals surface area contributed by atoms with Crippen LogP contribution in [-0.2, 0) is 11.3 Å². The second-order valence-corrected chi connectivity index (χ2v) is 9.48. The highest BCUT2D eigenvalue weighted by Crippen LogP contribution is 2.27. The van der Waals surface area contributed by atoms with Gasteiger partial charge in [0.25, 0.3) is 0 Å². The maximum Gasteiger partial charge on any atom is 0.222 e. The van der Waals surface area contributed by atoms with Crippen LogP contribution in [0.2, 0.25) is 5.02 Å². The topological polar surface area (TPSA) is 26.8 Å². The summed E-state index contributed by atoms with van der Waals surface area (Å²) in [6, 6.07) is 8.73. The zero-order chi connectivity index (χ0) is 20.1. The summed E-state index contributed by atoms with van der Waals surface area (Å²) in [5.41, 5.74) is 1.27. The van der Waals surface area contributed by atoms with Gasteiger partial charge >= 0.3 is 0 Å². The fourth-order valence-electron chi connectivity index (χ4n) is 4.82. The molecule has 2 atom stereocenters. The van der Waals surface area contributed by atoms with E-state index < -0.39 is 0 Å². The fraction of sp³-hybridized carbons (Fsp3) is 0.696. The first-order valence-electron chi connectivity index (χ1n) is 10.8. The number of piperidine rings is 2. The molecule has 0 bridgehead atoms. The Kier molecular flexibility index (Phi) is 7.78. The molecule has 2 fully saturated rings. The Morgan fingerprint density at radius 3 is 2.61 bits per heavy atom. The molecule has 0 unspecified atom stereocenters. The monoisotopic (exact) mass is 405 g/mol. The number of carbonyl (C=O) groups is 1. The summed E-state index contributed by atoms with van der Waals surface area (Å²) in [6.07, 6.45) is 5.15. The predicted octanol–water partition coefficient (Wildman–Crippen LogP) is 4.13. The molecule has 2 aliphatic rings. The van der Waals surface area contributed by atoms with E-state index in [2.05, 4.69) is 47.9 Å². The van der Waals surface area contributed by atoms with Crippen molar-refractivity contribution < 1.29 is 4.79 Å². The summed E-state index contributed by atoms with van der Waals surface area (Å²) in [6.45, 7) is 7.28. The smallest absolute Gasteiger partial charge is 0.222 e. The van der Waals surface area contributed by atoms with Gasteiger partial charge in [0.2, 0.25) is 5.91 Å². The van der Waals surface area contributed by atoms with Gasteiger partial charge in [-0.05, 0) is 75.9 Å². The van der Waals surface area contributed by atoms with Crippen LogP contribution in [0.5, 0.6) is 0 Å². The second kappa shape index (κ2) is 10.1. The third kappa shape index (κ3) is 5.95. The molecule has 28 heavy (non-hydrogen) atoms. The number of hydrogen-bond donors (Lipinski definition) is 0. The lowest BCUT2D eigenvalue weighted by molar-refractivity contribution is -0.133. The van der Waals surface area contributed by atoms with Gasteiger partial charge in [0.1, 0.15) is 0 Å². The molecule has 1 aromatic carbocycles. The zero-order valence-electron chi connectivity index (χ0n) is 17.7. The van der Waals surface area contributed by atoms with E-state index in [1.807, 2.05) is 12.1 Å². The number of benzene rings is 1. The van der Waals surface area contributed by atoms with Gasteiger partial charge < -0.3 is 9.80 Å². The molecule has 0 aromatic heterocycles. The molecule has 156 valence electrons. The van der Waals surface area contributed by atoms with Crippen LogP contribution < -0.4 is 0 Å². The molecule has 0 N–H and O–H groups in total. The fourth-order valence-corrected chi connectivity index (χ4v) is 5.03. The summed E-state index contributed by atoms with van der Waals surface area (Å²) in [7, 11) is 4.36. The molecule has 0 aliphatic carbocycles. The molecule has 5 heteroatoms. The Balaban J connectivity index is 1.55. The Bertz CT molecular complexity index is 642. The van der Waals surface area contributed by atoms with Gasteiger partial charge in [-0.25, -0.2) is 0 Å². The van der Waals surface area contributed by atoms with E-state index in [1.54, 1.807) is 0 Å². The van der Waals surface area contributed by atoms with Crippen LogP contribution in [0.3, 0.4) is 0 Å². The van der Waals surface area contributed by atoms with Gasteiger partial charge in [-0.2, -0.15) is 0 Å². The van der Waals surface area contributed by atoms with Gasteiger partial charge in [-0.15, -0.1) is 0 Å². The predicted molar refractivity (Wildman–Crippen MR) is 117 cm³/mol. The van der Waals surface area contributed by atoms with Gasteiger partial charge in [0, 0.05) is 43.7 Å². The van der Waals surface area contributed by atoms with Crippen LogP contribution in [-0.4, -0.2) is 66.9 Å². The standard InChI is InChI=1S/C23H36ClN3O/c1-18-9-13-27(14-10-18)23(28)8-7-20-17-26(12-11-22(20)25(2)3)16-19-5-4-6-21(24)15-19/h4-6,15,18,20,22H,7-14,16-17H2,1-3H3/t20-,22+/m0/s1. The molecule has 0 spiro atoms. The first-order valence-corrected chi connectivity index (χ1v) is 11.2. The Labute approximate surface area is 175 Å². The molecule has 1 aromatic rings. The molecule has 2 saturated heterocycles. The van der Waals surface area contributed by atoms with Crippen LogP contribution in [0.1, 0.15) is 44.6 Å². The molecule has 0 saturated carbocycles. The van der Waals surface area contributed by atoms with Crippen molar-refractivity contribution in [1.29, 1.82) is 0 Å². The van der Waals surface area contributed by atoms with Crippen molar-refractivity contribution >= 4 is 17.5 Å². The van der Waals surface area contributed by atoms with E-state index in [4.69, 9.17) is 11.6 Å². The first-order chi connectivity index (χ1) is 13.4. The first kappa shape index (κ1) is 21.6. The van der Waals surface area contributed by atoms with Gasteiger partial charge in [0.15, 0.2) is 0 Å². The summed E-state index contributed by atoms with van der Waals surface area (Å²) in [5, 5.41) is 0.804. The van der Waals surface area contributed by atoms with Crippen molar-refractivity contribution in [3.63, 3.8) is 0 Å². The molecule has 3 rings (SSSR count). The molecular formula is C23H36ClN3O. The van der Waals surface area contributed by atoms with Crippen LogP contribution >= 0.6 is 11.6 Å². The van der Waals surface area contributed by atoms with E-state index in [-0.39, 0.29) is 0 Å². The normalized spacial score (nSPS) is 24.7. The van der Waals surface area contributed by atoms with Gasteiger partial charge in [0.05, 0.1) is 0 Å². The Hall–Kier alpha value is -1.10. The lowest BCUT2D eigenvalue weighted by Crippen LogP contribution is -2.49. The van der Waals surface area contributed by atoms with Gasteiger partial charge in [-0.1, -0.05) is 30.7 Å². The van der Waals surface area contributed by atoms with Crippen LogP contribution in [0.4, 0.5) is 0 Å². The summed E-state index contributed by atoms with van der Waals surface area (Å²) in [4.78, 5) is 19.7. The van der Waals surface area contributed by atoms with Crippen LogP contribution in [0.25, 0.3) is 0 Å². The van der Waals surface area contributed by atoms with Crippen molar-refractivity contribution in [2.75, 3.05) is 40.3 Å². The molecule has 2 heterocycles. The van der Waals surface area contributed by atoms with Crippen molar-refractivity contribution in [3.8, 4) is 0 Å². The Morgan fingerprint density at radius 1 is 1.18 bits per heavy atom. The lowest BCUT2D eigenvalue weighted by Gasteiger charge is -2.42. The quantitative estimate of drug-likeness (QED) is 0.711. The second-order valence-electron chi connectivity index (χ2n) is 9.05. The van der Waals surface area contributed by atoms with E-state index in [1.165, 1.54) is 5.56 Å². The third-order valence-corrected chi connectivity index (χ3v) is 6.84. The highest BCUT2D eigenvalue weighted by molar-refractivity contribution is 6.30. The van der Waals surface area contributed by atoms with E-state index in [0.717, 1.165) is 69.3 Å². The van der Waals surface area contributed by atoms with E-state index >= 15 is 0 Å². The number of rotatable bonds is 6. The molecular weight excluding hydrogens is 370 g/mol. The SMILES string of the molecule is CC1CCN(C(=O)CC[C@H]2CN(Cc3cccc(Cl)c3)CC[C@H]2N(C)C)CC1. The highest BCUT2D eigenvalue weighted by atomic mass is 35.5. The summed E-state index contributed by atoms with van der Waals surface area (Å²) >= 11 is 6.16. The average Bonchev–Trinajstić information content (AvgIpc) is 2.66. The molecule has 2 aliphatic heterocycles. The number of carbonyl (C=O) groups excluding carboxylic acids is 1. The third-order valence-electron chi connectivity index (χ3n) is 6.60. The number of likely N-dealkylation sites (tertiary alicyclic amines) is 2. The van der Waals surface area contributed by atoms with Crippen molar-refractivity contribution in [1.82, 2.24) is 14.7 Å². The van der Waals surface area contributed by atoms with Crippen molar-refractivity contribution in [2.24, 2.45) is 11.8 Å². The number of halogens is 1. The number of nitrogens with zero attached hydrogens (tertiary/aromatic N) is 3.